The number of halogens is 2. The minimum absolute atomic E-state index is 0.0396. The molecule has 0 bridgehead atoms. The number of hydrogen-bond donors (Lipinski definition) is 4. The lowest BCUT2D eigenvalue weighted by molar-refractivity contribution is -0.500. The smallest absolute Gasteiger partial charge is 0.407 e. The number of amidine groups is 2. The van der Waals surface area contributed by atoms with Crippen LogP contribution < -0.4 is 16.4 Å². The fourth-order valence-electron chi connectivity index (χ4n) is 4.02. The second kappa shape index (κ2) is 11.0. The van der Waals surface area contributed by atoms with Crippen LogP contribution in [0.15, 0.2) is 34.2 Å². The van der Waals surface area contributed by atoms with Gasteiger partial charge in [-0.1, -0.05) is 48.0 Å². The van der Waals surface area contributed by atoms with E-state index >= 15 is 0 Å². The molecule has 3 rings (SSSR count). The molecule has 11 heteroatoms. The standard InChI is InChI=1S/C24H34Cl2N6O2S/c1-15(27)32-20(28)18(35-17-8-6-7-16(25)19(17)26)13-29-21(32)31-11-9-24(5,10-12-31)14-30-22(33)34-23(2,3)4/h6-8,13,21,27H,9-12,14H2,1-5H3,(H3,28,29,30,33)/p+1. The van der Waals surface area contributed by atoms with Gasteiger partial charge in [-0.25, -0.2) is 4.79 Å². The van der Waals surface area contributed by atoms with E-state index in [1.54, 1.807) is 17.6 Å². The van der Waals surface area contributed by atoms with Crippen LogP contribution in [0.1, 0.15) is 47.5 Å². The molecule has 192 valence electrons. The fraction of sp³-hybridized carbons (Fsp3) is 0.542. The summed E-state index contributed by atoms with van der Waals surface area (Å²) < 4.78 is 7.16. The van der Waals surface area contributed by atoms with Crippen LogP contribution in [-0.4, -0.2) is 58.8 Å². The van der Waals surface area contributed by atoms with E-state index in [9.17, 15) is 4.79 Å². The Morgan fingerprint density at radius 2 is 2.03 bits per heavy atom. The maximum Gasteiger partial charge on any atom is 0.407 e. The lowest BCUT2D eigenvalue weighted by atomic mass is 9.80. The summed E-state index contributed by atoms with van der Waals surface area (Å²) in [7, 11) is 0. The first-order valence-electron chi connectivity index (χ1n) is 11.6. The number of piperidine rings is 1. The van der Waals surface area contributed by atoms with Gasteiger partial charge in [-0.2, -0.15) is 9.98 Å². The number of thioether (sulfide) groups is 1. The number of nitrogens with two attached hydrogens (primary N) is 1. The van der Waals surface area contributed by atoms with Crippen LogP contribution >= 0.6 is 35.0 Å². The maximum absolute atomic E-state index is 12.1. The highest BCUT2D eigenvalue weighted by Crippen LogP contribution is 2.38. The van der Waals surface area contributed by atoms with Crippen molar-refractivity contribution in [2.24, 2.45) is 11.1 Å². The number of alkyl carbamates (subject to hydrolysis) is 1. The molecule has 0 aromatic heterocycles. The van der Waals surface area contributed by atoms with Gasteiger partial charge in [0.1, 0.15) is 10.5 Å². The second-order valence-electron chi connectivity index (χ2n) is 10.3. The lowest BCUT2D eigenvalue weighted by Gasteiger charge is -2.43. The normalized spacial score (nSPS) is 22.2. The summed E-state index contributed by atoms with van der Waals surface area (Å²) in [6, 6.07) is 5.44. The Balaban J connectivity index is 1.66. The Morgan fingerprint density at radius 1 is 1.37 bits per heavy atom. The first kappa shape index (κ1) is 27.6. The van der Waals surface area contributed by atoms with Crippen molar-refractivity contribution in [3.8, 4) is 0 Å². The van der Waals surface area contributed by atoms with Gasteiger partial charge in [0.15, 0.2) is 5.84 Å². The van der Waals surface area contributed by atoms with Gasteiger partial charge in [0.05, 0.1) is 10.0 Å². The quantitative estimate of drug-likeness (QED) is 0.315. The van der Waals surface area contributed by atoms with Gasteiger partial charge in [-0.15, -0.1) is 0 Å². The highest BCUT2D eigenvalue weighted by molar-refractivity contribution is 8.04. The van der Waals surface area contributed by atoms with Gasteiger partial charge >= 0.3 is 6.09 Å². The minimum Gasteiger partial charge on any atom is -0.444 e. The molecule has 5 N–H and O–H groups in total. The number of benzene rings is 1. The van der Waals surface area contributed by atoms with Crippen molar-refractivity contribution in [2.75, 3.05) is 19.6 Å². The number of nitrogens with one attached hydrogen (secondary N) is 3. The Morgan fingerprint density at radius 3 is 2.63 bits per heavy atom. The third-order valence-corrected chi connectivity index (χ3v) is 8.03. The molecule has 1 unspecified atom stereocenters. The summed E-state index contributed by atoms with van der Waals surface area (Å²) in [5, 5.41) is 16.1. The fourth-order valence-corrected chi connectivity index (χ4v) is 5.39. The Kier molecular flexibility index (Phi) is 8.68. The highest BCUT2D eigenvalue weighted by Gasteiger charge is 2.39. The zero-order chi connectivity index (χ0) is 26.0. The van der Waals surface area contributed by atoms with Crippen LogP contribution in [0.3, 0.4) is 0 Å². The van der Waals surface area contributed by atoms with E-state index in [1.165, 1.54) is 11.8 Å². The molecule has 1 fully saturated rings. The molecule has 1 saturated heterocycles. The predicted octanol–water partition coefficient (Wildman–Crippen LogP) is 4.81. The largest absolute Gasteiger partial charge is 0.444 e. The molecular formula is C24H35Cl2N6O2S+. The van der Waals surface area contributed by atoms with Crippen molar-refractivity contribution in [2.45, 2.75) is 64.2 Å². The van der Waals surface area contributed by atoms with Gasteiger partial charge in [0.25, 0.3) is 5.84 Å². The lowest BCUT2D eigenvalue weighted by Crippen LogP contribution is -2.60. The van der Waals surface area contributed by atoms with Crippen molar-refractivity contribution in [1.82, 2.24) is 15.5 Å². The summed E-state index contributed by atoms with van der Waals surface area (Å²) in [5.41, 5.74) is 5.68. The first-order chi connectivity index (χ1) is 16.3. The Labute approximate surface area is 221 Å². The third kappa shape index (κ3) is 7.06. The van der Waals surface area contributed by atoms with Crippen molar-refractivity contribution in [1.29, 1.82) is 5.41 Å². The average Bonchev–Trinajstić information content (AvgIpc) is 2.76. The zero-order valence-electron chi connectivity index (χ0n) is 20.9. The van der Waals surface area contributed by atoms with Crippen molar-refractivity contribution in [3.05, 3.63) is 39.3 Å². The summed E-state index contributed by atoms with van der Waals surface area (Å²) in [6.07, 6.45) is 2.95. The summed E-state index contributed by atoms with van der Waals surface area (Å²) in [5.74, 6) is 0.825. The molecule has 0 aliphatic carbocycles. The van der Waals surface area contributed by atoms with E-state index in [2.05, 4.69) is 22.5 Å². The van der Waals surface area contributed by atoms with E-state index in [1.807, 2.05) is 39.1 Å². The van der Waals surface area contributed by atoms with Gasteiger partial charge in [0, 0.05) is 37.7 Å². The molecule has 2 aliphatic heterocycles. The number of carbonyl (C=O) groups excluding carboxylic acids is 1. The van der Waals surface area contributed by atoms with Crippen molar-refractivity contribution < 1.29 is 14.1 Å². The molecular weight excluding hydrogens is 507 g/mol. The molecule has 2 heterocycles. The first-order valence-corrected chi connectivity index (χ1v) is 13.1. The number of amides is 1. The molecule has 0 radical (unpaired) electrons. The summed E-state index contributed by atoms with van der Waals surface area (Å²) in [4.78, 5) is 15.8. The molecule has 1 aromatic carbocycles. The SMILES string of the molecule is C/C(N)=[N+]1/C(=N)C(Sc2cccc(Cl)c2Cl)=CNC1N1CCC(C)(CNC(=O)OC(C)(C)C)CC1. The van der Waals surface area contributed by atoms with E-state index in [4.69, 9.17) is 39.1 Å². The van der Waals surface area contributed by atoms with Crippen molar-refractivity contribution in [3.63, 3.8) is 0 Å². The van der Waals surface area contributed by atoms with Crippen LogP contribution in [0.5, 0.6) is 0 Å². The zero-order valence-corrected chi connectivity index (χ0v) is 23.2. The van der Waals surface area contributed by atoms with Gasteiger partial charge in [0.2, 0.25) is 6.29 Å². The number of nitrogens with zero attached hydrogens (tertiary/aromatic N) is 2. The van der Waals surface area contributed by atoms with Gasteiger partial charge < -0.3 is 21.1 Å². The summed E-state index contributed by atoms with van der Waals surface area (Å²) in [6.45, 7) is 11.7. The van der Waals surface area contributed by atoms with Crippen LogP contribution in [0.25, 0.3) is 0 Å². The van der Waals surface area contributed by atoms with Crippen LogP contribution in [0.2, 0.25) is 10.0 Å². The molecule has 1 atom stereocenters. The summed E-state index contributed by atoms with van der Waals surface area (Å²) >= 11 is 13.9. The molecule has 0 spiro atoms. The molecule has 1 amide bonds. The minimum atomic E-state index is -0.520. The number of ether oxygens (including phenoxy) is 1. The van der Waals surface area contributed by atoms with E-state index in [0.29, 0.717) is 33.2 Å². The van der Waals surface area contributed by atoms with E-state index in [-0.39, 0.29) is 11.7 Å². The molecule has 0 saturated carbocycles. The monoisotopic (exact) mass is 541 g/mol. The van der Waals surface area contributed by atoms with Crippen LogP contribution in [0.4, 0.5) is 4.79 Å². The maximum atomic E-state index is 12.1. The topological polar surface area (TPSA) is 106 Å². The molecule has 1 aromatic rings. The van der Waals surface area contributed by atoms with Crippen molar-refractivity contribution >= 4 is 52.7 Å². The average molecular weight is 543 g/mol. The number of hydrogen-bond acceptors (Lipinski definition) is 6. The predicted molar refractivity (Wildman–Crippen MR) is 143 cm³/mol. The van der Waals surface area contributed by atoms with Gasteiger partial charge in [-0.05, 0) is 51.2 Å². The molecule has 8 nitrogen and oxygen atoms in total. The van der Waals surface area contributed by atoms with E-state index < -0.39 is 11.7 Å². The number of rotatable bonds is 5. The van der Waals surface area contributed by atoms with E-state index in [0.717, 1.165) is 30.8 Å². The Bertz CT molecular complexity index is 1040. The number of likely N-dealkylation sites (tertiary alicyclic amines) is 1. The number of carbonyl (C=O) groups is 1. The highest BCUT2D eigenvalue weighted by atomic mass is 35.5. The molecule has 2 aliphatic rings. The third-order valence-electron chi connectivity index (χ3n) is 6.01. The van der Waals surface area contributed by atoms with Crippen LogP contribution in [0, 0.1) is 10.8 Å². The Hall–Kier alpha value is -1.94. The van der Waals surface area contributed by atoms with Crippen LogP contribution in [-0.2, 0) is 4.74 Å². The van der Waals surface area contributed by atoms with Gasteiger partial charge in [-0.3, -0.25) is 4.90 Å². The molecule has 35 heavy (non-hydrogen) atoms. The second-order valence-corrected chi connectivity index (χ2v) is 12.1.